The minimum atomic E-state index is 0.0801. The second kappa shape index (κ2) is 8.69. The molecule has 0 bridgehead atoms. The Morgan fingerprint density at radius 1 is 0.852 bits per heavy atom. The van der Waals surface area contributed by atoms with Gasteiger partial charge in [0.25, 0.3) is 0 Å². The number of carbonyl (C=O) groups is 1. The van der Waals surface area contributed by atoms with E-state index in [0.29, 0.717) is 13.1 Å². The zero-order valence-corrected chi connectivity index (χ0v) is 16.1. The molecule has 1 heterocycles. The van der Waals surface area contributed by atoms with Crippen molar-refractivity contribution in [2.24, 2.45) is 0 Å². The van der Waals surface area contributed by atoms with Crippen molar-refractivity contribution in [1.29, 1.82) is 0 Å². The summed E-state index contributed by atoms with van der Waals surface area (Å²) in [7, 11) is 3.29. The highest BCUT2D eigenvalue weighted by atomic mass is 16.5. The first-order valence-electron chi connectivity index (χ1n) is 9.10. The minimum Gasteiger partial charge on any atom is -0.496 e. The number of carbonyl (C=O) groups excluding carboxylic acids is 1. The Morgan fingerprint density at radius 2 is 1.30 bits per heavy atom. The van der Waals surface area contributed by atoms with Gasteiger partial charge in [-0.2, -0.15) is 0 Å². The van der Waals surface area contributed by atoms with Gasteiger partial charge < -0.3 is 9.47 Å². The first-order valence-corrected chi connectivity index (χ1v) is 9.10. The molecule has 0 aliphatic carbocycles. The molecule has 0 unspecified atom stereocenters. The molecule has 3 rings (SSSR count). The highest BCUT2D eigenvalue weighted by Gasteiger charge is 2.25. The average Bonchev–Trinajstić information content (AvgIpc) is 2.71. The number of para-hydroxylation sites is 2. The first-order chi connectivity index (χ1) is 13.2. The van der Waals surface area contributed by atoms with E-state index in [-0.39, 0.29) is 5.78 Å². The Morgan fingerprint density at radius 3 is 1.70 bits per heavy atom. The predicted octanol–water partition coefficient (Wildman–Crippen LogP) is 4.08. The van der Waals surface area contributed by atoms with Gasteiger partial charge in [-0.15, -0.1) is 0 Å². The van der Waals surface area contributed by atoms with E-state index in [1.807, 2.05) is 60.7 Å². The number of Topliss-reactive ketones (excluding diaryl/α,β-unsaturated/α-hetero) is 1. The van der Waals surface area contributed by atoms with Crippen molar-refractivity contribution in [1.82, 2.24) is 4.90 Å². The number of ether oxygens (including phenoxy) is 2. The summed E-state index contributed by atoms with van der Waals surface area (Å²) in [5, 5.41) is 0. The van der Waals surface area contributed by atoms with Crippen LogP contribution in [0.25, 0.3) is 12.2 Å². The van der Waals surface area contributed by atoms with Crippen LogP contribution >= 0.6 is 0 Å². The van der Waals surface area contributed by atoms with Crippen LogP contribution in [0.1, 0.15) is 18.1 Å². The summed E-state index contributed by atoms with van der Waals surface area (Å²) in [4.78, 5) is 15.4. The molecule has 0 spiro atoms. The first kappa shape index (κ1) is 18.9. The van der Waals surface area contributed by atoms with E-state index >= 15 is 0 Å². The Balaban J connectivity index is 2.01. The van der Waals surface area contributed by atoms with Crippen LogP contribution in [0.5, 0.6) is 11.5 Å². The topological polar surface area (TPSA) is 38.8 Å². The van der Waals surface area contributed by atoms with Crippen LogP contribution < -0.4 is 9.47 Å². The van der Waals surface area contributed by atoms with Gasteiger partial charge in [-0.05, 0) is 30.8 Å². The SMILES string of the molecule is CCN1C/C(=C\c2ccccc2OC)C(=O)/C(=C/c2ccccc2OC)C1. The molecule has 4 nitrogen and oxygen atoms in total. The predicted molar refractivity (Wildman–Crippen MR) is 109 cm³/mol. The largest absolute Gasteiger partial charge is 0.496 e. The molecule has 140 valence electrons. The lowest BCUT2D eigenvalue weighted by Gasteiger charge is -2.28. The fourth-order valence-corrected chi connectivity index (χ4v) is 3.28. The summed E-state index contributed by atoms with van der Waals surface area (Å²) in [5.41, 5.74) is 3.37. The maximum Gasteiger partial charge on any atom is 0.187 e. The number of benzene rings is 2. The van der Waals surface area contributed by atoms with Crippen molar-refractivity contribution in [3.05, 3.63) is 70.8 Å². The molecule has 0 atom stereocenters. The number of ketones is 1. The summed E-state index contributed by atoms with van der Waals surface area (Å²) >= 11 is 0. The Kier molecular flexibility index (Phi) is 6.09. The fourth-order valence-electron chi connectivity index (χ4n) is 3.28. The summed E-state index contributed by atoms with van der Waals surface area (Å²) in [6.45, 7) is 4.25. The van der Waals surface area contributed by atoms with Gasteiger partial charge in [-0.1, -0.05) is 43.3 Å². The minimum absolute atomic E-state index is 0.0801. The molecule has 1 aliphatic heterocycles. The van der Waals surface area contributed by atoms with Crippen LogP contribution in [0.4, 0.5) is 0 Å². The number of rotatable bonds is 5. The maximum absolute atomic E-state index is 13.2. The Bertz CT molecular complexity index is 813. The van der Waals surface area contributed by atoms with Gasteiger partial charge in [-0.25, -0.2) is 0 Å². The molecule has 1 aliphatic rings. The molecule has 27 heavy (non-hydrogen) atoms. The molecule has 0 radical (unpaired) electrons. The van der Waals surface area contributed by atoms with Crippen LogP contribution in [0.15, 0.2) is 59.7 Å². The average molecular weight is 363 g/mol. The van der Waals surface area contributed by atoms with E-state index < -0.39 is 0 Å². The highest BCUT2D eigenvalue weighted by molar-refractivity contribution is 6.14. The third-order valence-corrected chi connectivity index (χ3v) is 4.76. The van der Waals surface area contributed by atoms with Crippen molar-refractivity contribution in [2.45, 2.75) is 6.92 Å². The third-order valence-electron chi connectivity index (χ3n) is 4.76. The van der Waals surface area contributed by atoms with Crippen LogP contribution in [0.3, 0.4) is 0 Å². The third kappa shape index (κ3) is 4.29. The van der Waals surface area contributed by atoms with Gasteiger partial charge in [-0.3, -0.25) is 9.69 Å². The molecule has 1 saturated heterocycles. The lowest BCUT2D eigenvalue weighted by atomic mass is 9.94. The maximum atomic E-state index is 13.2. The number of methoxy groups -OCH3 is 2. The Hall–Kier alpha value is -2.85. The van der Waals surface area contributed by atoms with Crippen molar-refractivity contribution < 1.29 is 14.3 Å². The van der Waals surface area contributed by atoms with Crippen LogP contribution in [-0.2, 0) is 4.79 Å². The quantitative estimate of drug-likeness (QED) is 0.751. The van der Waals surface area contributed by atoms with Crippen molar-refractivity contribution >= 4 is 17.9 Å². The summed E-state index contributed by atoms with van der Waals surface area (Å²) in [5.74, 6) is 1.61. The van der Waals surface area contributed by atoms with E-state index in [0.717, 1.165) is 40.3 Å². The normalized spacial score (nSPS) is 18.1. The van der Waals surface area contributed by atoms with E-state index in [1.165, 1.54) is 0 Å². The van der Waals surface area contributed by atoms with Gasteiger partial charge in [0.1, 0.15) is 11.5 Å². The molecule has 2 aromatic carbocycles. The van der Waals surface area contributed by atoms with Crippen LogP contribution in [0.2, 0.25) is 0 Å². The lowest BCUT2D eigenvalue weighted by molar-refractivity contribution is -0.113. The molecule has 0 aromatic heterocycles. The van der Waals surface area contributed by atoms with Gasteiger partial charge >= 0.3 is 0 Å². The zero-order chi connectivity index (χ0) is 19.2. The molecule has 0 amide bonds. The number of nitrogens with zero attached hydrogens (tertiary/aromatic N) is 1. The van der Waals surface area contributed by atoms with E-state index in [1.54, 1.807) is 14.2 Å². The molecule has 2 aromatic rings. The number of likely N-dealkylation sites (tertiary alicyclic amines) is 1. The number of piperidine rings is 1. The number of hydrogen-bond acceptors (Lipinski definition) is 4. The summed E-state index contributed by atoms with van der Waals surface area (Å²) in [6, 6.07) is 15.5. The standard InChI is InChI=1S/C23H25NO3/c1-4-24-15-19(13-17-9-5-7-11-21(17)26-2)23(25)20(16-24)14-18-10-6-8-12-22(18)27-3/h5-14H,4,15-16H2,1-3H3/b19-13+,20-14+. The van der Waals surface area contributed by atoms with Crippen LogP contribution in [0, 0.1) is 0 Å². The second-order valence-corrected chi connectivity index (χ2v) is 6.46. The lowest BCUT2D eigenvalue weighted by Crippen LogP contribution is -2.37. The van der Waals surface area contributed by atoms with E-state index in [2.05, 4.69) is 11.8 Å². The van der Waals surface area contributed by atoms with Gasteiger partial charge in [0.2, 0.25) is 0 Å². The summed E-state index contributed by atoms with van der Waals surface area (Å²) in [6.07, 6.45) is 3.89. The number of likely N-dealkylation sites (N-methyl/N-ethyl adjacent to an activating group) is 1. The van der Waals surface area contributed by atoms with Crippen molar-refractivity contribution in [2.75, 3.05) is 33.9 Å². The molecule has 0 saturated carbocycles. The monoisotopic (exact) mass is 363 g/mol. The Labute approximate surface area is 160 Å². The van der Waals surface area contributed by atoms with E-state index in [4.69, 9.17) is 9.47 Å². The molecular formula is C23H25NO3. The van der Waals surface area contributed by atoms with Crippen molar-refractivity contribution in [3.63, 3.8) is 0 Å². The van der Waals surface area contributed by atoms with Gasteiger partial charge in [0.05, 0.1) is 14.2 Å². The van der Waals surface area contributed by atoms with Gasteiger partial charge in [0, 0.05) is 35.4 Å². The zero-order valence-electron chi connectivity index (χ0n) is 16.1. The molecule has 1 fully saturated rings. The smallest absolute Gasteiger partial charge is 0.187 e. The van der Waals surface area contributed by atoms with E-state index in [9.17, 15) is 4.79 Å². The fraction of sp³-hybridized carbons (Fsp3) is 0.261. The molecular weight excluding hydrogens is 338 g/mol. The van der Waals surface area contributed by atoms with Crippen LogP contribution in [-0.4, -0.2) is 44.5 Å². The van der Waals surface area contributed by atoms with Crippen molar-refractivity contribution in [3.8, 4) is 11.5 Å². The second-order valence-electron chi connectivity index (χ2n) is 6.46. The molecule has 4 heteroatoms. The summed E-state index contributed by atoms with van der Waals surface area (Å²) < 4.78 is 10.9. The number of hydrogen-bond donors (Lipinski definition) is 0. The highest BCUT2D eigenvalue weighted by Crippen LogP contribution is 2.27. The molecule has 0 N–H and O–H groups in total. The van der Waals surface area contributed by atoms with Gasteiger partial charge in [0.15, 0.2) is 5.78 Å².